The Bertz CT molecular complexity index is 878. The zero-order valence-electron chi connectivity index (χ0n) is 17.8. The molecule has 0 bridgehead atoms. The third-order valence-electron chi connectivity index (χ3n) is 3.69. The third-order valence-corrected chi connectivity index (χ3v) is 3.69. The Morgan fingerprint density at radius 3 is 1.78 bits per heavy atom. The van der Waals surface area contributed by atoms with Gasteiger partial charge in [0.2, 0.25) is 6.10 Å². The second kappa shape index (κ2) is 12.0. The molecule has 0 saturated carbocycles. The van der Waals surface area contributed by atoms with Crippen LogP contribution in [-0.2, 0) is 42.9 Å². The van der Waals surface area contributed by atoms with Gasteiger partial charge in [0, 0.05) is 33.4 Å². The Morgan fingerprint density at radius 2 is 1.34 bits per heavy atom. The van der Waals surface area contributed by atoms with E-state index in [1.165, 1.54) is 24.3 Å². The highest BCUT2D eigenvalue weighted by atomic mass is 16.6. The minimum atomic E-state index is -1.81. The van der Waals surface area contributed by atoms with Crippen molar-refractivity contribution in [1.29, 1.82) is 0 Å². The van der Waals surface area contributed by atoms with Gasteiger partial charge in [-0.25, -0.2) is 4.79 Å². The van der Waals surface area contributed by atoms with Gasteiger partial charge in [0.05, 0.1) is 5.56 Å². The number of carboxylic acids is 1. The molecule has 0 aliphatic heterocycles. The lowest BCUT2D eigenvalue weighted by Gasteiger charge is -2.30. The van der Waals surface area contributed by atoms with Crippen LogP contribution in [0, 0.1) is 0 Å². The van der Waals surface area contributed by atoms with Gasteiger partial charge in [-0.3, -0.25) is 24.0 Å². The summed E-state index contributed by atoms with van der Waals surface area (Å²) >= 11 is 0. The maximum absolute atomic E-state index is 12.9. The summed E-state index contributed by atoms with van der Waals surface area (Å²) in [7, 11) is 0. The van der Waals surface area contributed by atoms with E-state index in [0.29, 0.717) is 0 Å². The standard InChI is InChI=1S/C20H23NO11/c1-10(22)29-9-16(30-11(2)23)17(31-12(3)24)18(32-13(4)25)19(26)21-15-7-5-14(6-8-15)20(27)28/h5-8,16-18H,9H2,1-4H3,(H,21,26)(H,27,28)/t16-,17-,18-/m1/s1. The summed E-state index contributed by atoms with van der Waals surface area (Å²) in [6, 6.07) is 5.03. The number of hydrogen-bond acceptors (Lipinski definition) is 10. The molecule has 0 spiro atoms. The summed E-state index contributed by atoms with van der Waals surface area (Å²) in [4.78, 5) is 69.8. The molecule has 1 rings (SSSR count). The van der Waals surface area contributed by atoms with Crippen LogP contribution in [0.4, 0.5) is 5.69 Å². The Labute approximate surface area is 182 Å². The zero-order chi connectivity index (χ0) is 24.4. The second-order valence-corrected chi connectivity index (χ2v) is 6.43. The zero-order valence-corrected chi connectivity index (χ0v) is 17.8. The van der Waals surface area contributed by atoms with E-state index in [9.17, 15) is 28.8 Å². The first-order chi connectivity index (χ1) is 14.9. The topological polar surface area (TPSA) is 172 Å². The first-order valence-electron chi connectivity index (χ1n) is 9.20. The number of hydrogen-bond donors (Lipinski definition) is 2. The molecule has 2 N–H and O–H groups in total. The molecule has 0 aromatic heterocycles. The minimum Gasteiger partial charge on any atom is -0.478 e. The van der Waals surface area contributed by atoms with E-state index in [1.807, 2.05) is 0 Å². The number of amides is 1. The highest BCUT2D eigenvalue weighted by molar-refractivity contribution is 5.96. The minimum absolute atomic E-state index is 0.0337. The van der Waals surface area contributed by atoms with E-state index in [-0.39, 0.29) is 11.3 Å². The molecule has 1 amide bonds. The van der Waals surface area contributed by atoms with Gasteiger partial charge in [0.25, 0.3) is 5.91 Å². The van der Waals surface area contributed by atoms with Gasteiger partial charge in [-0.2, -0.15) is 0 Å². The maximum Gasteiger partial charge on any atom is 0.335 e. The van der Waals surface area contributed by atoms with E-state index in [0.717, 1.165) is 27.7 Å². The molecule has 0 aliphatic rings. The average molecular weight is 453 g/mol. The van der Waals surface area contributed by atoms with Crippen LogP contribution in [0.15, 0.2) is 24.3 Å². The number of benzene rings is 1. The lowest BCUT2D eigenvalue weighted by atomic mass is 10.1. The van der Waals surface area contributed by atoms with Crippen LogP contribution >= 0.6 is 0 Å². The molecule has 3 atom stereocenters. The first kappa shape index (κ1) is 26.1. The van der Waals surface area contributed by atoms with Crippen molar-refractivity contribution in [1.82, 2.24) is 0 Å². The van der Waals surface area contributed by atoms with Crippen molar-refractivity contribution in [3.05, 3.63) is 29.8 Å². The molecule has 0 fully saturated rings. The first-order valence-corrected chi connectivity index (χ1v) is 9.20. The summed E-state index contributed by atoms with van der Waals surface area (Å²) in [5.74, 6) is -5.55. The summed E-state index contributed by atoms with van der Waals surface area (Å²) in [5, 5.41) is 11.3. The summed E-state index contributed by atoms with van der Waals surface area (Å²) in [5.41, 5.74) is 0.108. The summed E-state index contributed by atoms with van der Waals surface area (Å²) < 4.78 is 20.0. The van der Waals surface area contributed by atoms with Crippen molar-refractivity contribution < 1.29 is 52.8 Å². The fraction of sp³-hybridized carbons (Fsp3) is 0.400. The molecule has 12 heteroatoms. The molecule has 32 heavy (non-hydrogen) atoms. The molecule has 0 radical (unpaired) electrons. The van der Waals surface area contributed by atoms with Crippen LogP contribution in [0.3, 0.4) is 0 Å². The molecule has 1 aromatic carbocycles. The number of carbonyl (C=O) groups is 6. The Balaban J connectivity index is 3.27. The molecular formula is C20H23NO11. The van der Waals surface area contributed by atoms with E-state index in [1.54, 1.807) is 0 Å². The number of nitrogens with one attached hydrogen (secondary N) is 1. The van der Waals surface area contributed by atoms with Crippen molar-refractivity contribution in [2.75, 3.05) is 11.9 Å². The van der Waals surface area contributed by atoms with Crippen molar-refractivity contribution in [2.24, 2.45) is 0 Å². The Morgan fingerprint density at radius 1 is 0.812 bits per heavy atom. The largest absolute Gasteiger partial charge is 0.478 e. The number of rotatable bonds is 10. The lowest BCUT2D eigenvalue weighted by Crippen LogP contribution is -2.52. The van der Waals surface area contributed by atoms with E-state index in [4.69, 9.17) is 24.1 Å². The number of carbonyl (C=O) groups excluding carboxylic acids is 5. The fourth-order valence-electron chi connectivity index (χ4n) is 2.49. The van der Waals surface area contributed by atoms with Gasteiger partial charge in [0.1, 0.15) is 6.61 Å². The molecule has 174 valence electrons. The number of anilines is 1. The van der Waals surface area contributed by atoms with Crippen LogP contribution in [0.2, 0.25) is 0 Å². The van der Waals surface area contributed by atoms with Crippen molar-refractivity contribution in [2.45, 2.75) is 46.0 Å². The third kappa shape index (κ3) is 8.81. The molecule has 0 heterocycles. The number of carboxylic acid groups (broad SMARTS) is 1. The lowest BCUT2D eigenvalue weighted by molar-refractivity contribution is -0.190. The molecular weight excluding hydrogens is 430 g/mol. The van der Waals surface area contributed by atoms with Crippen LogP contribution in [-0.4, -0.2) is 65.8 Å². The maximum atomic E-state index is 12.9. The predicted octanol–water partition coefficient (Wildman–Crippen LogP) is 0.682. The highest BCUT2D eigenvalue weighted by Crippen LogP contribution is 2.18. The average Bonchev–Trinajstić information content (AvgIpc) is 2.67. The monoisotopic (exact) mass is 453 g/mol. The molecule has 0 aliphatic carbocycles. The SMILES string of the molecule is CC(=O)OC[C@@H](OC(C)=O)[C@@H](OC(C)=O)[C@@H](OC(C)=O)C(=O)Nc1ccc(C(=O)O)cc1. The van der Waals surface area contributed by atoms with Gasteiger partial charge in [-0.05, 0) is 24.3 Å². The Hall–Kier alpha value is -3.96. The summed E-state index contributed by atoms with van der Waals surface area (Å²) in [6.07, 6.45) is -4.96. The molecule has 12 nitrogen and oxygen atoms in total. The van der Waals surface area contributed by atoms with Crippen LogP contribution < -0.4 is 5.32 Å². The van der Waals surface area contributed by atoms with Crippen molar-refractivity contribution in [3.63, 3.8) is 0 Å². The van der Waals surface area contributed by atoms with Crippen LogP contribution in [0.5, 0.6) is 0 Å². The number of esters is 4. The van der Waals surface area contributed by atoms with E-state index in [2.05, 4.69) is 5.32 Å². The Kier molecular flexibility index (Phi) is 9.80. The van der Waals surface area contributed by atoms with Gasteiger partial charge >= 0.3 is 29.8 Å². The van der Waals surface area contributed by atoms with Gasteiger partial charge < -0.3 is 29.4 Å². The van der Waals surface area contributed by atoms with E-state index < -0.39 is 60.7 Å². The second-order valence-electron chi connectivity index (χ2n) is 6.43. The summed E-state index contributed by atoms with van der Waals surface area (Å²) in [6.45, 7) is 3.54. The van der Waals surface area contributed by atoms with Gasteiger partial charge in [-0.15, -0.1) is 0 Å². The fourth-order valence-corrected chi connectivity index (χ4v) is 2.49. The normalized spacial score (nSPS) is 13.0. The smallest absolute Gasteiger partial charge is 0.335 e. The quantitative estimate of drug-likeness (QED) is 0.377. The van der Waals surface area contributed by atoms with Gasteiger partial charge in [0.15, 0.2) is 12.2 Å². The van der Waals surface area contributed by atoms with Gasteiger partial charge in [-0.1, -0.05) is 0 Å². The molecule has 0 unspecified atom stereocenters. The van der Waals surface area contributed by atoms with Crippen LogP contribution in [0.1, 0.15) is 38.1 Å². The van der Waals surface area contributed by atoms with Crippen molar-refractivity contribution in [3.8, 4) is 0 Å². The highest BCUT2D eigenvalue weighted by Gasteiger charge is 2.42. The number of ether oxygens (including phenoxy) is 4. The van der Waals surface area contributed by atoms with Crippen molar-refractivity contribution >= 4 is 41.4 Å². The van der Waals surface area contributed by atoms with Crippen LogP contribution in [0.25, 0.3) is 0 Å². The predicted molar refractivity (Wildman–Crippen MR) is 105 cm³/mol. The van der Waals surface area contributed by atoms with E-state index >= 15 is 0 Å². The number of aromatic carboxylic acids is 1. The molecule has 1 aromatic rings. The molecule has 0 saturated heterocycles.